The summed E-state index contributed by atoms with van der Waals surface area (Å²) in [6.07, 6.45) is 4.99. The highest BCUT2D eigenvalue weighted by molar-refractivity contribution is 7.99. The summed E-state index contributed by atoms with van der Waals surface area (Å²) in [7, 11) is 1.88. The van der Waals surface area contributed by atoms with E-state index in [0.29, 0.717) is 24.0 Å². The minimum atomic E-state index is -0.981. The average molecular weight is 302 g/mol. The monoisotopic (exact) mass is 302 g/mol. The molecule has 116 valence electrons. The predicted molar refractivity (Wildman–Crippen MR) is 81.7 cm³/mol. The highest BCUT2D eigenvalue weighted by Gasteiger charge is 2.24. The summed E-state index contributed by atoms with van der Waals surface area (Å²) < 4.78 is 0. The van der Waals surface area contributed by atoms with E-state index >= 15 is 0 Å². The Hall–Kier alpha value is -0.750. The molecule has 0 bridgehead atoms. The zero-order valence-electron chi connectivity index (χ0n) is 12.4. The summed E-state index contributed by atoms with van der Waals surface area (Å²) in [5.74, 6) is 0.953. The quantitative estimate of drug-likeness (QED) is 0.697. The van der Waals surface area contributed by atoms with Crippen LogP contribution in [0.2, 0.25) is 0 Å². The van der Waals surface area contributed by atoms with Crippen LogP contribution in [0.15, 0.2) is 0 Å². The Morgan fingerprint density at radius 3 is 2.50 bits per heavy atom. The van der Waals surface area contributed by atoms with Crippen molar-refractivity contribution in [3.63, 3.8) is 0 Å². The molecule has 0 spiro atoms. The maximum absolute atomic E-state index is 12.1. The van der Waals surface area contributed by atoms with E-state index in [4.69, 9.17) is 10.8 Å². The van der Waals surface area contributed by atoms with E-state index in [-0.39, 0.29) is 5.91 Å². The summed E-state index contributed by atoms with van der Waals surface area (Å²) in [4.78, 5) is 24.5. The Kier molecular flexibility index (Phi) is 7.37. The van der Waals surface area contributed by atoms with Gasteiger partial charge in [0.25, 0.3) is 0 Å². The minimum absolute atomic E-state index is 0.137. The van der Waals surface area contributed by atoms with Crippen molar-refractivity contribution < 1.29 is 14.7 Å². The van der Waals surface area contributed by atoms with Crippen LogP contribution in [0, 0.1) is 5.92 Å². The molecule has 3 N–H and O–H groups in total. The standard InChI is InChI=1S/C14H26N2O3S/c1-10-3-5-11(6-4-10)16(2)13(17)9-20-8-7-12(15)14(18)19/h10-12H,3-9,15H2,1-2H3,(H,18,19). The molecular formula is C14H26N2O3S. The summed E-state index contributed by atoms with van der Waals surface area (Å²) in [6.45, 7) is 2.26. The zero-order valence-corrected chi connectivity index (χ0v) is 13.2. The molecule has 0 aliphatic heterocycles. The number of aliphatic carboxylic acids is 1. The number of thioether (sulfide) groups is 1. The lowest BCUT2D eigenvalue weighted by Gasteiger charge is -2.33. The number of carbonyl (C=O) groups excluding carboxylic acids is 1. The van der Waals surface area contributed by atoms with Gasteiger partial charge in [0.2, 0.25) is 5.91 Å². The van der Waals surface area contributed by atoms with Crippen molar-refractivity contribution in [3.8, 4) is 0 Å². The van der Waals surface area contributed by atoms with Gasteiger partial charge in [-0.05, 0) is 43.8 Å². The smallest absolute Gasteiger partial charge is 0.320 e. The number of hydrogen-bond acceptors (Lipinski definition) is 4. The van der Waals surface area contributed by atoms with E-state index in [1.54, 1.807) is 0 Å². The molecule has 1 aliphatic rings. The molecule has 1 fully saturated rings. The van der Waals surface area contributed by atoms with E-state index in [9.17, 15) is 9.59 Å². The molecule has 1 rings (SSSR count). The van der Waals surface area contributed by atoms with Gasteiger partial charge in [0.15, 0.2) is 0 Å². The SMILES string of the molecule is CC1CCC(N(C)C(=O)CSCCC(N)C(=O)O)CC1. The van der Waals surface area contributed by atoms with E-state index in [1.165, 1.54) is 24.6 Å². The van der Waals surface area contributed by atoms with Gasteiger partial charge in [-0.2, -0.15) is 11.8 Å². The fourth-order valence-corrected chi connectivity index (χ4v) is 3.37. The lowest BCUT2D eigenvalue weighted by Crippen LogP contribution is -2.40. The van der Waals surface area contributed by atoms with Crippen LogP contribution in [0.25, 0.3) is 0 Å². The Bertz CT molecular complexity index is 330. The van der Waals surface area contributed by atoms with E-state index in [2.05, 4.69) is 6.92 Å². The second kappa shape index (κ2) is 8.52. The van der Waals surface area contributed by atoms with E-state index < -0.39 is 12.0 Å². The summed E-state index contributed by atoms with van der Waals surface area (Å²) in [6, 6.07) is -0.448. The normalized spacial score (nSPS) is 24.1. The van der Waals surface area contributed by atoms with Gasteiger partial charge in [-0.25, -0.2) is 0 Å². The van der Waals surface area contributed by atoms with Crippen LogP contribution in [-0.2, 0) is 9.59 Å². The molecule has 5 nitrogen and oxygen atoms in total. The van der Waals surface area contributed by atoms with Gasteiger partial charge < -0.3 is 15.7 Å². The molecule has 20 heavy (non-hydrogen) atoms. The molecule has 0 heterocycles. The maximum atomic E-state index is 12.1. The molecule has 0 aromatic carbocycles. The molecule has 1 unspecified atom stereocenters. The largest absolute Gasteiger partial charge is 0.480 e. The lowest BCUT2D eigenvalue weighted by molar-refractivity contribution is -0.138. The van der Waals surface area contributed by atoms with Gasteiger partial charge in [-0.3, -0.25) is 9.59 Å². The van der Waals surface area contributed by atoms with Crippen LogP contribution >= 0.6 is 11.8 Å². The van der Waals surface area contributed by atoms with Gasteiger partial charge in [0.1, 0.15) is 6.04 Å². The van der Waals surface area contributed by atoms with Crippen molar-refractivity contribution in [1.29, 1.82) is 0 Å². The number of rotatable bonds is 7. The molecule has 0 aromatic rings. The first-order valence-electron chi connectivity index (χ1n) is 7.23. The topological polar surface area (TPSA) is 83.6 Å². The van der Waals surface area contributed by atoms with Crippen molar-refractivity contribution in [3.05, 3.63) is 0 Å². The predicted octanol–water partition coefficient (Wildman–Crippen LogP) is 1.56. The maximum Gasteiger partial charge on any atom is 0.320 e. The Morgan fingerprint density at radius 2 is 1.95 bits per heavy atom. The van der Waals surface area contributed by atoms with Crippen LogP contribution in [0.4, 0.5) is 0 Å². The number of amides is 1. The van der Waals surface area contributed by atoms with E-state index in [1.807, 2.05) is 11.9 Å². The Labute approximate surface area is 125 Å². The molecule has 0 radical (unpaired) electrons. The second-order valence-electron chi connectivity index (χ2n) is 5.70. The molecular weight excluding hydrogens is 276 g/mol. The van der Waals surface area contributed by atoms with Gasteiger partial charge in [0.05, 0.1) is 5.75 Å². The van der Waals surface area contributed by atoms with Crippen LogP contribution in [0.3, 0.4) is 0 Å². The minimum Gasteiger partial charge on any atom is -0.480 e. The van der Waals surface area contributed by atoms with Crippen LogP contribution in [0.5, 0.6) is 0 Å². The number of carboxylic acid groups (broad SMARTS) is 1. The summed E-state index contributed by atoms with van der Waals surface area (Å²) in [5.41, 5.74) is 5.41. The first-order chi connectivity index (χ1) is 9.41. The number of carboxylic acids is 1. The van der Waals surface area contributed by atoms with Gasteiger partial charge in [0, 0.05) is 13.1 Å². The lowest BCUT2D eigenvalue weighted by atomic mass is 9.87. The highest BCUT2D eigenvalue weighted by atomic mass is 32.2. The highest BCUT2D eigenvalue weighted by Crippen LogP contribution is 2.26. The van der Waals surface area contributed by atoms with Crippen molar-refractivity contribution in [2.45, 2.75) is 51.1 Å². The second-order valence-corrected chi connectivity index (χ2v) is 6.81. The van der Waals surface area contributed by atoms with Gasteiger partial charge in [-0.15, -0.1) is 0 Å². The van der Waals surface area contributed by atoms with E-state index in [0.717, 1.165) is 18.8 Å². The first kappa shape index (κ1) is 17.3. The summed E-state index contributed by atoms with van der Waals surface area (Å²) >= 11 is 1.47. The molecule has 1 amide bonds. The average Bonchev–Trinajstić information content (AvgIpc) is 2.43. The number of nitrogens with zero attached hydrogens (tertiary/aromatic N) is 1. The molecule has 0 aromatic heterocycles. The molecule has 1 saturated carbocycles. The first-order valence-corrected chi connectivity index (χ1v) is 8.39. The molecule has 0 saturated heterocycles. The number of nitrogens with two attached hydrogens (primary N) is 1. The van der Waals surface area contributed by atoms with Crippen molar-refractivity contribution in [2.75, 3.05) is 18.6 Å². The third-order valence-electron chi connectivity index (χ3n) is 4.04. The summed E-state index contributed by atoms with van der Waals surface area (Å²) in [5, 5.41) is 8.66. The van der Waals surface area contributed by atoms with Crippen LogP contribution in [-0.4, -0.2) is 52.5 Å². The van der Waals surface area contributed by atoms with Crippen LogP contribution in [0.1, 0.15) is 39.0 Å². The van der Waals surface area contributed by atoms with Crippen LogP contribution < -0.4 is 5.73 Å². The van der Waals surface area contributed by atoms with Crippen molar-refractivity contribution in [2.24, 2.45) is 11.7 Å². The van der Waals surface area contributed by atoms with Gasteiger partial charge >= 0.3 is 5.97 Å². The molecule has 1 atom stereocenters. The number of hydrogen-bond donors (Lipinski definition) is 2. The molecule has 6 heteroatoms. The zero-order chi connectivity index (χ0) is 15.1. The third-order valence-corrected chi connectivity index (χ3v) is 5.02. The Balaban J connectivity index is 2.20. The molecule has 1 aliphatic carbocycles. The van der Waals surface area contributed by atoms with Crippen molar-refractivity contribution in [1.82, 2.24) is 4.90 Å². The number of carbonyl (C=O) groups is 2. The Morgan fingerprint density at radius 1 is 1.35 bits per heavy atom. The fourth-order valence-electron chi connectivity index (χ4n) is 2.43. The fraction of sp³-hybridized carbons (Fsp3) is 0.857. The van der Waals surface area contributed by atoms with Gasteiger partial charge in [-0.1, -0.05) is 6.92 Å². The third kappa shape index (κ3) is 5.71. The van der Waals surface area contributed by atoms with Crippen molar-refractivity contribution >= 4 is 23.6 Å².